The summed E-state index contributed by atoms with van der Waals surface area (Å²) < 4.78 is 0. The number of aliphatic carboxylic acids is 1. The SMILES string of the molecule is CC(C)(C)c1nc(CN2CCCN(CC(=O)O)CC2)cs1. The molecule has 1 aromatic rings. The van der Waals surface area contributed by atoms with Crippen molar-refractivity contribution < 1.29 is 9.90 Å². The normalized spacial score (nSPS) is 18.6. The fourth-order valence-corrected chi connectivity index (χ4v) is 3.38. The highest BCUT2D eigenvalue weighted by molar-refractivity contribution is 7.09. The number of rotatable bonds is 4. The Morgan fingerprint density at radius 1 is 1.29 bits per heavy atom. The Hall–Kier alpha value is -0.980. The smallest absolute Gasteiger partial charge is 0.317 e. The van der Waals surface area contributed by atoms with Crippen molar-refractivity contribution in [1.29, 1.82) is 0 Å². The molecule has 0 spiro atoms. The zero-order chi connectivity index (χ0) is 15.5. The van der Waals surface area contributed by atoms with Gasteiger partial charge >= 0.3 is 5.97 Å². The van der Waals surface area contributed by atoms with Gasteiger partial charge in [0.1, 0.15) is 0 Å². The van der Waals surface area contributed by atoms with Gasteiger partial charge in [-0.1, -0.05) is 20.8 Å². The van der Waals surface area contributed by atoms with E-state index < -0.39 is 5.97 Å². The van der Waals surface area contributed by atoms with Gasteiger partial charge in [-0.05, 0) is 13.0 Å². The number of thiazole rings is 1. The molecule has 0 amide bonds. The molecule has 0 saturated carbocycles. The summed E-state index contributed by atoms with van der Waals surface area (Å²) in [6.45, 7) is 11.2. The van der Waals surface area contributed by atoms with Crippen molar-refractivity contribution in [1.82, 2.24) is 14.8 Å². The number of aromatic nitrogens is 1. The Kier molecular flexibility index (Phi) is 5.35. The lowest BCUT2D eigenvalue weighted by Crippen LogP contribution is -2.34. The first kappa shape index (κ1) is 16.4. The Balaban J connectivity index is 1.89. The maximum Gasteiger partial charge on any atom is 0.317 e. The molecule has 0 atom stereocenters. The van der Waals surface area contributed by atoms with Crippen molar-refractivity contribution in [3.63, 3.8) is 0 Å². The van der Waals surface area contributed by atoms with Gasteiger partial charge in [0.15, 0.2) is 0 Å². The Labute approximate surface area is 130 Å². The summed E-state index contributed by atoms with van der Waals surface area (Å²) in [6, 6.07) is 0. The topological polar surface area (TPSA) is 56.7 Å². The molecule has 0 radical (unpaired) electrons. The van der Waals surface area contributed by atoms with Crippen LogP contribution in [0.25, 0.3) is 0 Å². The minimum Gasteiger partial charge on any atom is -0.480 e. The van der Waals surface area contributed by atoms with Crippen molar-refractivity contribution >= 4 is 17.3 Å². The average molecular weight is 311 g/mol. The Bertz CT molecular complexity index is 482. The van der Waals surface area contributed by atoms with Crippen LogP contribution in [-0.2, 0) is 16.8 Å². The van der Waals surface area contributed by atoms with Gasteiger partial charge in [-0.3, -0.25) is 14.6 Å². The minimum atomic E-state index is -0.738. The van der Waals surface area contributed by atoms with E-state index in [-0.39, 0.29) is 12.0 Å². The predicted molar refractivity (Wildman–Crippen MR) is 84.8 cm³/mol. The fourth-order valence-electron chi connectivity index (χ4n) is 2.49. The van der Waals surface area contributed by atoms with Gasteiger partial charge in [-0.2, -0.15) is 0 Å². The van der Waals surface area contributed by atoms with Crippen LogP contribution in [0.1, 0.15) is 37.9 Å². The van der Waals surface area contributed by atoms with Crippen LogP contribution >= 0.6 is 11.3 Å². The molecule has 1 aliphatic heterocycles. The van der Waals surface area contributed by atoms with Gasteiger partial charge in [0.25, 0.3) is 0 Å². The molecule has 1 aromatic heterocycles. The standard InChI is InChI=1S/C15H25N3O2S/c1-15(2,3)14-16-12(11-21-14)9-17-5-4-6-18(8-7-17)10-13(19)20/h11H,4-10H2,1-3H3,(H,19,20). The van der Waals surface area contributed by atoms with Gasteiger partial charge in [-0.15, -0.1) is 11.3 Å². The lowest BCUT2D eigenvalue weighted by molar-refractivity contribution is -0.138. The van der Waals surface area contributed by atoms with Crippen LogP contribution in [0, 0.1) is 0 Å². The molecule has 2 rings (SSSR count). The fraction of sp³-hybridized carbons (Fsp3) is 0.733. The van der Waals surface area contributed by atoms with Crippen LogP contribution in [0.2, 0.25) is 0 Å². The van der Waals surface area contributed by atoms with E-state index in [0.29, 0.717) is 0 Å². The highest BCUT2D eigenvalue weighted by Gasteiger charge is 2.20. The van der Waals surface area contributed by atoms with Crippen LogP contribution in [-0.4, -0.2) is 58.6 Å². The molecular weight excluding hydrogens is 286 g/mol. The third-order valence-corrected chi connectivity index (χ3v) is 4.94. The maximum atomic E-state index is 10.8. The van der Waals surface area contributed by atoms with E-state index in [2.05, 4.69) is 31.1 Å². The molecule has 0 aromatic carbocycles. The second kappa shape index (κ2) is 6.85. The molecule has 1 saturated heterocycles. The van der Waals surface area contributed by atoms with Gasteiger partial charge in [0.05, 0.1) is 17.2 Å². The van der Waals surface area contributed by atoms with Gasteiger partial charge < -0.3 is 5.11 Å². The van der Waals surface area contributed by atoms with Crippen LogP contribution in [0.3, 0.4) is 0 Å². The third-order valence-electron chi connectivity index (χ3n) is 3.62. The second-order valence-corrected chi connectivity index (χ2v) is 7.55. The number of carbonyl (C=O) groups is 1. The van der Waals surface area contributed by atoms with Crippen molar-refractivity contribution in [2.24, 2.45) is 0 Å². The van der Waals surface area contributed by atoms with Crippen LogP contribution in [0.4, 0.5) is 0 Å². The lowest BCUT2D eigenvalue weighted by Gasteiger charge is -2.20. The van der Waals surface area contributed by atoms with E-state index in [4.69, 9.17) is 10.1 Å². The summed E-state index contributed by atoms with van der Waals surface area (Å²) in [6.07, 6.45) is 1.02. The Morgan fingerprint density at radius 2 is 1.95 bits per heavy atom. The van der Waals surface area contributed by atoms with Crippen LogP contribution in [0.5, 0.6) is 0 Å². The van der Waals surface area contributed by atoms with E-state index >= 15 is 0 Å². The Morgan fingerprint density at radius 3 is 2.57 bits per heavy atom. The molecule has 1 fully saturated rings. The largest absolute Gasteiger partial charge is 0.480 e. The molecule has 118 valence electrons. The van der Waals surface area contributed by atoms with Crippen LogP contribution < -0.4 is 0 Å². The van der Waals surface area contributed by atoms with Crippen molar-refractivity contribution in [2.45, 2.75) is 39.2 Å². The molecule has 1 N–H and O–H groups in total. The first-order chi connectivity index (χ1) is 9.84. The molecule has 6 heteroatoms. The lowest BCUT2D eigenvalue weighted by atomic mass is 9.98. The zero-order valence-electron chi connectivity index (χ0n) is 13.1. The monoisotopic (exact) mass is 311 g/mol. The number of hydrogen-bond donors (Lipinski definition) is 1. The molecule has 5 nitrogen and oxygen atoms in total. The highest BCUT2D eigenvalue weighted by Crippen LogP contribution is 2.26. The number of carboxylic acid groups (broad SMARTS) is 1. The molecular formula is C15H25N3O2S. The highest BCUT2D eigenvalue weighted by atomic mass is 32.1. The van der Waals surface area contributed by atoms with E-state index in [0.717, 1.165) is 44.8 Å². The molecule has 2 heterocycles. The number of hydrogen-bond acceptors (Lipinski definition) is 5. The summed E-state index contributed by atoms with van der Waals surface area (Å²) >= 11 is 1.73. The molecule has 21 heavy (non-hydrogen) atoms. The van der Waals surface area contributed by atoms with Crippen molar-refractivity contribution in [3.8, 4) is 0 Å². The average Bonchev–Trinajstić information content (AvgIpc) is 2.73. The summed E-state index contributed by atoms with van der Waals surface area (Å²) in [5.41, 5.74) is 1.25. The van der Waals surface area contributed by atoms with Crippen LogP contribution in [0.15, 0.2) is 5.38 Å². The maximum absolute atomic E-state index is 10.8. The van der Waals surface area contributed by atoms with Gasteiger partial charge in [0, 0.05) is 37.0 Å². The third kappa shape index (κ3) is 5.05. The van der Waals surface area contributed by atoms with E-state index in [9.17, 15) is 4.79 Å². The van der Waals surface area contributed by atoms with Gasteiger partial charge in [-0.25, -0.2) is 4.98 Å². The number of nitrogens with zero attached hydrogens (tertiary/aromatic N) is 3. The van der Waals surface area contributed by atoms with E-state index in [1.54, 1.807) is 11.3 Å². The summed E-state index contributed by atoms with van der Waals surface area (Å²) in [7, 11) is 0. The molecule has 0 unspecified atom stereocenters. The predicted octanol–water partition coefficient (Wildman–Crippen LogP) is 2.03. The van der Waals surface area contributed by atoms with Crippen molar-refractivity contribution in [3.05, 3.63) is 16.1 Å². The quantitative estimate of drug-likeness (QED) is 0.922. The van der Waals surface area contributed by atoms with E-state index in [1.165, 1.54) is 5.01 Å². The minimum absolute atomic E-state index is 0.111. The molecule has 0 aliphatic carbocycles. The van der Waals surface area contributed by atoms with E-state index in [1.807, 2.05) is 4.90 Å². The van der Waals surface area contributed by atoms with Gasteiger partial charge in [0.2, 0.25) is 0 Å². The second-order valence-electron chi connectivity index (χ2n) is 6.69. The summed E-state index contributed by atoms with van der Waals surface area (Å²) in [5.74, 6) is -0.738. The first-order valence-electron chi connectivity index (χ1n) is 7.46. The summed E-state index contributed by atoms with van der Waals surface area (Å²) in [5, 5.41) is 12.2. The molecule has 0 bridgehead atoms. The molecule has 1 aliphatic rings. The first-order valence-corrected chi connectivity index (χ1v) is 8.34. The zero-order valence-corrected chi connectivity index (χ0v) is 13.9. The van der Waals surface area contributed by atoms with Crippen molar-refractivity contribution in [2.75, 3.05) is 32.7 Å². The number of carboxylic acids is 1. The summed E-state index contributed by atoms with van der Waals surface area (Å²) in [4.78, 5) is 19.9.